The molecule has 3 heteroatoms. The Balaban J connectivity index is 1.69. The third-order valence-electron chi connectivity index (χ3n) is 4.36. The van der Waals surface area contributed by atoms with E-state index in [-0.39, 0.29) is 0 Å². The second kappa shape index (κ2) is 7.43. The van der Waals surface area contributed by atoms with Gasteiger partial charge in [-0.15, -0.1) is 0 Å². The van der Waals surface area contributed by atoms with Gasteiger partial charge >= 0.3 is 0 Å². The molecule has 3 nitrogen and oxygen atoms in total. The average Bonchev–Trinajstić information content (AvgIpc) is 2.61. The van der Waals surface area contributed by atoms with Gasteiger partial charge < -0.3 is 15.4 Å². The minimum absolute atomic E-state index is 0.379. The summed E-state index contributed by atoms with van der Waals surface area (Å²) in [5.41, 5.74) is 2.57. The summed E-state index contributed by atoms with van der Waals surface area (Å²) in [5, 5.41) is 7.38. The van der Waals surface area contributed by atoms with E-state index >= 15 is 0 Å². The van der Waals surface area contributed by atoms with Crippen molar-refractivity contribution in [3.05, 3.63) is 65.7 Å². The van der Waals surface area contributed by atoms with Crippen LogP contribution in [0.4, 0.5) is 0 Å². The van der Waals surface area contributed by atoms with Crippen molar-refractivity contribution in [1.82, 2.24) is 10.6 Å². The highest BCUT2D eigenvalue weighted by Gasteiger charge is 2.25. The molecule has 1 aliphatic heterocycles. The van der Waals surface area contributed by atoms with E-state index < -0.39 is 0 Å². The Morgan fingerprint density at radius 2 is 1.86 bits per heavy atom. The standard InChI is InChI=1S/C19H24N2O/c1-22-18-12-6-5-10-16(18)14-21-17-11-7-13-20-19(17)15-8-3-2-4-9-15/h2-6,8-10,12,17,19-21H,7,11,13-14H2,1H3/t17-,19+/m0/s1. The summed E-state index contributed by atoms with van der Waals surface area (Å²) in [4.78, 5) is 0. The molecule has 2 aromatic carbocycles. The van der Waals surface area contributed by atoms with Crippen molar-refractivity contribution in [3.63, 3.8) is 0 Å². The van der Waals surface area contributed by atoms with E-state index in [1.54, 1.807) is 7.11 Å². The molecule has 3 rings (SSSR count). The molecule has 0 spiro atoms. The summed E-state index contributed by atoms with van der Waals surface area (Å²) in [7, 11) is 1.73. The molecule has 1 fully saturated rings. The molecule has 1 heterocycles. The first kappa shape index (κ1) is 15.1. The minimum Gasteiger partial charge on any atom is -0.496 e. The Labute approximate surface area is 132 Å². The number of ether oxygens (including phenoxy) is 1. The van der Waals surface area contributed by atoms with Crippen molar-refractivity contribution in [2.75, 3.05) is 13.7 Å². The molecule has 1 saturated heterocycles. The van der Waals surface area contributed by atoms with E-state index in [0.29, 0.717) is 12.1 Å². The summed E-state index contributed by atoms with van der Waals surface area (Å²) in [6, 6.07) is 19.8. The molecule has 0 aromatic heterocycles. The van der Waals surface area contributed by atoms with Gasteiger partial charge in [0.05, 0.1) is 7.11 Å². The van der Waals surface area contributed by atoms with Gasteiger partial charge in [-0.05, 0) is 31.0 Å². The van der Waals surface area contributed by atoms with Crippen LogP contribution in [0.2, 0.25) is 0 Å². The van der Waals surface area contributed by atoms with Crippen molar-refractivity contribution in [3.8, 4) is 5.75 Å². The lowest BCUT2D eigenvalue weighted by Crippen LogP contribution is -2.45. The quantitative estimate of drug-likeness (QED) is 0.888. The van der Waals surface area contributed by atoms with E-state index in [2.05, 4.69) is 53.1 Å². The van der Waals surface area contributed by atoms with Crippen LogP contribution in [0, 0.1) is 0 Å². The molecule has 116 valence electrons. The maximum absolute atomic E-state index is 5.44. The Morgan fingerprint density at radius 3 is 2.68 bits per heavy atom. The van der Waals surface area contributed by atoms with Crippen LogP contribution >= 0.6 is 0 Å². The molecule has 1 aliphatic rings. The third-order valence-corrected chi connectivity index (χ3v) is 4.36. The van der Waals surface area contributed by atoms with Gasteiger partial charge in [0.25, 0.3) is 0 Å². The molecule has 2 N–H and O–H groups in total. The number of para-hydroxylation sites is 1. The molecular formula is C19H24N2O. The second-order valence-corrected chi connectivity index (χ2v) is 5.78. The monoisotopic (exact) mass is 296 g/mol. The van der Waals surface area contributed by atoms with Crippen LogP contribution in [0.25, 0.3) is 0 Å². The molecule has 0 bridgehead atoms. The molecule has 0 unspecified atom stereocenters. The van der Waals surface area contributed by atoms with E-state index in [4.69, 9.17) is 4.74 Å². The zero-order chi connectivity index (χ0) is 15.2. The maximum atomic E-state index is 5.44. The zero-order valence-electron chi connectivity index (χ0n) is 13.1. The largest absolute Gasteiger partial charge is 0.496 e. The minimum atomic E-state index is 0.379. The lowest BCUT2D eigenvalue weighted by Gasteiger charge is -2.34. The van der Waals surface area contributed by atoms with Crippen molar-refractivity contribution in [2.45, 2.75) is 31.5 Å². The predicted octanol–water partition coefficient (Wildman–Crippen LogP) is 3.28. The van der Waals surface area contributed by atoms with Crippen LogP contribution in [-0.4, -0.2) is 19.7 Å². The Morgan fingerprint density at radius 1 is 1.09 bits per heavy atom. The fraction of sp³-hybridized carbons (Fsp3) is 0.368. The van der Waals surface area contributed by atoms with Crippen LogP contribution in [0.5, 0.6) is 5.75 Å². The van der Waals surface area contributed by atoms with Crippen molar-refractivity contribution in [2.24, 2.45) is 0 Å². The zero-order valence-corrected chi connectivity index (χ0v) is 13.1. The normalized spacial score (nSPS) is 21.5. The van der Waals surface area contributed by atoms with Gasteiger partial charge in [0, 0.05) is 24.2 Å². The predicted molar refractivity (Wildman–Crippen MR) is 90.0 cm³/mol. The van der Waals surface area contributed by atoms with Gasteiger partial charge in [-0.2, -0.15) is 0 Å². The summed E-state index contributed by atoms with van der Waals surface area (Å²) in [6.07, 6.45) is 2.41. The van der Waals surface area contributed by atoms with Gasteiger partial charge in [0.2, 0.25) is 0 Å². The Bertz CT molecular complexity index is 585. The Hall–Kier alpha value is -1.84. The number of nitrogens with one attached hydrogen (secondary N) is 2. The van der Waals surface area contributed by atoms with Crippen molar-refractivity contribution in [1.29, 1.82) is 0 Å². The van der Waals surface area contributed by atoms with Crippen LogP contribution in [0.15, 0.2) is 54.6 Å². The third kappa shape index (κ3) is 3.49. The van der Waals surface area contributed by atoms with Gasteiger partial charge in [0.15, 0.2) is 0 Å². The number of hydrogen-bond acceptors (Lipinski definition) is 3. The number of hydrogen-bond donors (Lipinski definition) is 2. The molecule has 0 radical (unpaired) electrons. The Kier molecular flexibility index (Phi) is 5.09. The first-order valence-electron chi connectivity index (χ1n) is 8.02. The van der Waals surface area contributed by atoms with E-state index in [1.165, 1.54) is 24.0 Å². The molecule has 22 heavy (non-hydrogen) atoms. The summed E-state index contributed by atoms with van der Waals surface area (Å²) in [5.74, 6) is 0.954. The highest BCUT2D eigenvalue weighted by Crippen LogP contribution is 2.25. The molecule has 0 amide bonds. The lowest BCUT2D eigenvalue weighted by molar-refractivity contribution is 0.303. The molecule has 0 aliphatic carbocycles. The highest BCUT2D eigenvalue weighted by atomic mass is 16.5. The van der Waals surface area contributed by atoms with Crippen LogP contribution in [0.3, 0.4) is 0 Å². The second-order valence-electron chi connectivity index (χ2n) is 5.78. The maximum Gasteiger partial charge on any atom is 0.123 e. The molecular weight excluding hydrogens is 272 g/mol. The van der Waals surface area contributed by atoms with Crippen LogP contribution in [-0.2, 0) is 6.54 Å². The fourth-order valence-electron chi connectivity index (χ4n) is 3.21. The number of methoxy groups -OCH3 is 1. The number of piperidine rings is 1. The van der Waals surface area contributed by atoms with Crippen LogP contribution in [0.1, 0.15) is 30.0 Å². The number of benzene rings is 2. The molecule has 2 aromatic rings. The summed E-state index contributed by atoms with van der Waals surface area (Å²) < 4.78 is 5.44. The summed E-state index contributed by atoms with van der Waals surface area (Å²) in [6.45, 7) is 1.92. The van der Waals surface area contributed by atoms with Crippen molar-refractivity contribution >= 4 is 0 Å². The van der Waals surface area contributed by atoms with E-state index in [9.17, 15) is 0 Å². The molecule has 2 atom stereocenters. The van der Waals surface area contributed by atoms with Gasteiger partial charge in [0.1, 0.15) is 5.75 Å². The summed E-state index contributed by atoms with van der Waals surface area (Å²) >= 11 is 0. The van der Waals surface area contributed by atoms with Gasteiger partial charge in [-0.25, -0.2) is 0 Å². The molecule has 0 saturated carbocycles. The smallest absolute Gasteiger partial charge is 0.123 e. The topological polar surface area (TPSA) is 33.3 Å². The first-order valence-corrected chi connectivity index (χ1v) is 8.02. The lowest BCUT2D eigenvalue weighted by atomic mass is 9.92. The average molecular weight is 296 g/mol. The van der Waals surface area contributed by atoms with Gasteiger partial charge in [-0.1, -0.05) is 48.5 Å². The van der Waals surface area contributed by atoms with Crippen LogP contribution < -0.4 is 15.4 Å². The highest BCUT2D eigenvalue weighted by molar-refractivity contribution is 5.33. The van der Waals surface area contributed by atoms with E-state index in [1.807, 2.05) is 12.1 Å². The fourth-order valence-corrected chi connectivity index (χ4v) is 3.21. The number of rotatable bonds is 5. The first-order chi connectivity index (χ1) is 10.9. The van der Waals surface area contributed by atoms with Crippen molar-refractivity contribution < 1.29 is 4.74 Å². The van der Waals surface area contributed by atoms with Gasteiger partial charge in [-0.3, -0.25) is 0 Å². The van der Waals surface area contributed by atoms with E-state index in [0.717, 1.165) is 18.8 Å². The SMILES string of the molecule is COc1ccccc1CN[C@H]1CCCN[C@@H]1c1ccccc1.